The molecule has 12 heteroatoms. The van der Waals surface area contributed by atoms with Crippen molar-refractivity contribution in [2.75, 3.05) is 20.8 Å². The quantitative estimate of drug-likeness (QED) is 0.306. The predicted molar refractivity (Wildman–Crippen MR) is 113 cm³/mol. The number of aromatic nitrogens is 4. The average Bonchev–Trinajstić information content (AvgIpc) is 3.01. The van der Waals surface area contributed by atoms with Crippen LogP contribution in [0.5, 0.6) is 11.8 Å². The molecule has 0 bridgehead atoms. The highest BCUT2D eigenvalue weighted by molar-refractivity contribution is 7.80. The fourth-order valence-corrected chi connectivity index (χ4v) is 3.19. The van der Waals surface area contributed by atoms with Gasteiger partial charge in [0.15, 0.2) is 5.11 Å². The summed E-state index contributed by atoms with van der Waals surface area (Å²) in [5.41, 5.74) is 0.660. The van der Waals surface area contributed by atoms with Crippen molar-refractivity contribution in [2.45, 2.75) is 6.92 Å². The monoisotopic (exact) mass is 448 g/mol. The van der Waals surface area contributed by atoms with Crippen molar-refractivity contribution in [1.82, 2.24) is 30.0 Å². The van der Waals surface area contributed by atoms with E-state index in [0.717, 1.165) is 0 Å². The van der Waals surface area contributed by atoms with Gasteiger partial charge in [0, 0.05) is 12.1 Å². The zero-order valence-electron chi connectivity index (χ0n) is 16.3. The molecule has 0 saturated carbocycles. The summed E-state index contributed by atoms with van der Waals surface area (Å²) in [6, 6.07) is 1.50. The molecule has 2 amide bonds. The van der Waals surface area contributed by atoms with Crippen molar-refractivity contribution >= 4 is 46.8 Å². The molecule has 156 valence electrons. The normalized spacial score (nSPS) is 15.4. The Bertz CT molecular complexity index is 1070. The lowest BCUT2D eigenvalue weighted by molar-refractivity contribution is -0.128. The Morgan fingerprint density at radius 3 is 2.47 bits per heavy atom. The van der Waals surface area contributed by atoms with Crippen LogP contribution < -0.4 is 14.8 Å². The minimum absolute atomic E-state index is 0.0115. The molecule has 30 heavy (non-hydrogen) atoms. The van der Waals surface area contributed by atoms with Crippen LogP contribution >= 0.6 is 23.8 Å². The van der Waals surface area contributed by atoms with Gasteiger partial charge in [0.25, 0.3) is 17.8 Å². The van der Waals surface area contributed by atoms with Crippen molar-refractivity contribution < 1.29 is 19.1 Å². The van der Waals surface area contributed by atoms with E-state index in [9.17, 15) is 9.59 Å². The van der Waals surface area contributed by atoms with E-state index >= 15 is 0 Å². The first-order chi connectivity index (χ1) is 14.3. The summed E-state index contributed by atoms with van der Waals surface area (Å²) in [7, 11) is 2.90. The molecular formula is C18H17ClN6O4S. The zero-order chi connectivity index (χ0) is 22.0. The van der Waals surface area contributed by atoms with Crippen LogP contribution in [-0.2, 0) is 9.59 Å². The topological polar surface area (TPSA) is 111 Å². The molecule has 3 rings (SSSR count). The number of methoxy groups -OCH3 is 2. The first-order valence-corrected chi connectivity index (χ1v) is 9.31. The molecule has 1 saturated heterocycles. The van der Waals surface area contributed by atoms with Crippen LogP contribution in [0, 0.1) is 6.92 Å². The Kier molecular flexibility index (Phi) is 6.13. The van der Waals surface area contributed by atoms with Gasteiger partial charge in [-0.25, -0.2) is 0 Å². The molecule has 3 heterocycles. The lowest BCUT2D eigenvalue weighted by Gasteiger charge is -2.27. The maximum Gasteiger partial charge on any atom is 0.265 e. The number of amides is 2. The van der Waals surface area contributed by atoms with Gasteiger partial charge in [-0.15, -0.1) is 6.58 Å². The zero-order valence-corrected chi connectivity index (χ0v) is 17.9. The molecule has 2 aromatic rings. The minimum Gasteiger partial charge on any atom is -0.481 e. The van der Waals surface area contributed by atoms with E-state index in [0.29, 0.717) is 11.3 Å². The number of ether oxygens (including phenoxy) is 2. The van der Waals surface area contributed by atoms with Crippen molar-refractivity contribution in [3.05, 3.63) is 40.7 Å². The number of carbonyl (C=O) groups is 2. The Hall–Kier alpha value is -3.31. The van der Waals surface area contributed by atoms with Crippen LogP contribution in [0.25, 0.3) is 12.0 Å². The first-order valence-electron chi connectivity index (χ1n) is 8.53. The summed E-state index contributed by atoms with van der Waals surface area (Å²) in [5.74, 6) is -0.607. The van der Waals surface area contributed by atoms with Crippen LogP contribution in [0.1, 0.15) is 11.3 Å². The molecule has 1 N–H and O–H groups in total. The van der Waals surface area contributed by atoms with Gasteiger partial charge in [-0.05, 0) is 25.2 Å². The number of nitrogens with one attached hydrogen (secondary N) is 1. The summed E-state index contributed by atoms with van der Waals surface area (Å²) in [5, 5.41) is 6.91. The van der Waals surface area contributed by atoms with E-state index in [1.165, 1.54) is 42.0 Å². The summed E-state index contributed by atoms with van der Waals surface area (Å²) in [4.78, 5) is 34.7. The second kappa shape index (κ2) is 8.59. The van der Waals surface area contributed by atoms with Gasteiger partial charge in [0.1, 0.15) is 10.7 Å². The minimum atomic E-state index is -0.632. The van der Waals surface area contributed by atoms with Crippen LogP contribution in [0.4, 0.5) is 0 Å². The molecule has 1 aliphatic rings. The van der Waals surface area contributed by atoms with Gasteiger partial charge in [0.05, 0.1) is 26.0 Å². The fourth-order valence-electron chi connectivity index (χ4n) is 2.64. The standard InChI is InChI=1S/C18H17ClN6O4S/c1-5-6-24-16(27)11(15(26)22-18(24)30)7-10-9(2)23-25(14(10)19)17-20-12(28-3)8-13(21-17)29-4/h5,7-8H,1,6H2,2-4H3,(H,22,26,30)/b11-7+. The van der Waals surface area contributed by atoms with Crippen molar-refractivity contribution in [2.24, 2.45) is 0 Å². The third-order valence-electron chi connectivity index (χ3n) is 4.11. The molecule has 0 aromatic carbocycles. The molecule has 0 radical (unpaired) electrons. The number of rotatable bonds is 6. The van der Waals surface area contributed by atoms with Gasteiger partial charge in [-0.1, -0.05) is 17.7 Å². The van der Waals surface area contributed by atoms with Crippen LogP contribution in [-0.4, -0.2) is 62.3 Å². The fraction of sp³-hybridized carbons (Fsp3) is 0.222. The summed E-state index contributed by atoms with van der Waals surface area (Å²) >= 11 is 11.5. The second-order valence-electron chi connectivity index (χ2n) is 5.98. The molecule has 0 unspecified atom stereocenters. The molecular weight excluding hydrogens is 432 g/mol. The smallest absolute Gasteiger partial charge is 0.265 e. The lowest BCUT2D eigenvalue weighted by Crippen LogP contribution is -2.53. The van der Waals surface area contributed by atoms with E-state index in [4.69, 9.17) is 33.3 Å². The Balaban J connectivity index is 2.08. The van der Waals surface area contributed by atoms with Crippen molar-refractivity contribution in [1.29, 1.82) is 0 Å². The number of nitrogens with zero attached hydrogens (tertiary/aromatic N) is 5. The number of halogens is 1. The van der Waals surface area contributed by atoms with E-state index in [2.05, 4.69) is 27.0 Å². The first kappa shape index (κ1) is 21.4. The number of aryl methyl sites for hydroxylation is 1. The largest absolute Gasteiger partial charge is 0.481 e. The number of thiocarbonyl (C=S) groups is 1. The average molecular weight is 449 g/mol. The summed E-state index contributed by atoms with van der Waals surface area (Å²) in [6.45, 7) is 5.41. The van der Waals surface area contributed by atoms with Gasteiger partial charge < -0.3 is 9.47 Å². The van der Waals surface area contributed by atoms with Crippen LogP contribution in [0.3, 0.4) is 0 Å². The molecule has 0 spiro atoms. The second-order valence-corrected chi connectivity index (χ2v) is 6.72. The van der Waals surface area contributed by atoms with Crippen LogP contribution in [0.2, 0.25) is 5.15 Å². The highest BCUT2D eigenvalue weighted by Gasteiger charge is 2.33. The maximum atomic E-state index is 12.7. The third-order valence-corrected chi connectivity index (χ3v) is 4.80. The van der Waals surface area contributed by atoms with E-state index in [1.807, 2.05) is 0 Å². The van der Waals surface area contributed by atoms with E-state index < -0.39 is 11.8 Å². The Labute approximate surface area is 182 Å². The van der Waals surface area contributed by atoms with Gasteiger partial charge >= 0.3 is 0 Å². The molecule has 1 fully saturated rings. The van der Waals surface area contributed by atoms with E-state index in [-0.39, 0.29) is 40.1 Å². The number of hydrogen-bond donors (Lipinski definition) is 1. The van der Waals surface area contributed by atoms with Crippen molar-refractivity contribution in [3.8, 4) is 17.7 Å². The molecule has 0 atom stereocenters. The van der Waals surface area contributed by atoms with Crippen LogP contribution in [0.15, 0.2) is 24.3 Å². The van der Waals surface area contributed by atoms with E-state index in [1.54, 1.807) is 6.92 Å². The van der Waals surface area contributed by atoms with Gasteiger partial charge in [-0.2, -0.15) is 19.7 Å². The summed E-state index contributed by atoms with van der Waals surface area (Å²) in [6.07, 6.45) is 2.86. The summed E-state index contributed by atoms with van der Waals surface area (Å²) < 4.78 is 11.5. The lowest BCUT2D eigenvalue weighted by atomic mass is 10.1. The number of hydrogen-bond acceptors (Lipinski definition) is 8. The maximum absolute atomic E-state index is 12.7. The SMILES string of the molecule is C=CCN1C(=O)/C(=C/c2c(C)nn(-c3nc(OC)cc(OC)n3)c2Cl)C(=O)NC1=S. The highest BCUT2D eigenvalue weighted by Crippen LogP contribution is 2.27. The van der Waals surface area contributed by atoms with Crippen molar-refractivity contribution in [3.63, 3.8) is 0 Å². The third kappa shape index (κ3) is 3.89. The van der Waals surface area contributed by atoms with Gasteiger partial charge in [-0.3, -0.25) is 19.8 Å². The molecule has 0 aliphatic carbocycles. The Morgan fingerprint density at radius 1 is 1.27 bits per heavy atom. The predicted octanol–water partition coefficient (Wildman–Crippen LogP) is 1.45. The molecule has 2 aromatic heterocycles. The Morgan fingerprint density at radius 2 is 1.90 bits per heavy atom. The molecule has 1 aliphatic heterocycles. The molecule has 10 nitrogen and oxygen atoms in total. The number of carbonyl (C=O) groups excluding carboxylic acids is 2. The highest BCUT2D eigenvalue weighted by atomic mass is 35.5. The van der Waals surface area contributed by atoms with Gasteiger partial charge in [0.2, 0.25) is 11.8 Å².